The third kappa shape index (κ3) is 3.71. The molecule has 0 aliphatic carbocycles. The maximum absolute atomic E-state index is 13.2. The van der Waals surface area contributed by atoms with Crippen LogP contribution in [0.2, 0.25) is 0 Å². The molecule has 33 heavy (non-hydrogen) atoms. The first-order chi connectivity index (χ1) is 16.1. The van der Waals surface area contributed by atoms with Crippen LogP contribution in [-0.4, -0.2) is 36.2 Å². The summed E-state index contributed by atoms with van der Waals surface area (Å²) >= 11 is 0. The molecule has 2 atom stereocenters. The molecule has 1 saturated heterocycles. The SMILES string of the molecule is COc1ccc(OC)c(N2C[C@@H](c3nc4ccccc4n3[C@H](C)c3ccccc3)CC2=O)c1. The van der Waals surface area contributed by atoms with Gasteiger partial charge >= 0.3 is 0 Å². The van der Waals surface area contributed by atoms with Crippen LogP contribution in [0, 0.1) is 0 Å². The van der Waals surface area contributed by atoms with Crippen molar-refractivity contribution in [2.24, 2.45) is 0 Å². The fourth-order valence-corrected chi connectivity index (χ4v) is 4.76. The lowest BCUT2D eigenvalue weighted by Gasteiger charge is -2.22. The monoisotopic (exact) mass is 441 g/mol. The van der Waals surface area contributed by atoms with Gasteiger partial charge in [-0.1, -0.05) is 42.5 Å². The number of para-hydroxylation sites is 2. The lowest BCUT2D eigenvalue weighted by molar-refractivity contribution is -0.117. The van der Waals surface area contributed by atoms with Crippen molar-refractivity contribution in [3.63, 3.8) is 0 Å². The number of rotatable bonds is 6. The molecule has 0 radical (unpaired) electrons. The zero-order valence-corrected chi connectivity index (χ0v) is 19.1. The summed E-state index contributed by atoms with van der Waals surface area (Å²) in [4.78, 5) is 20.0. The van der Waals surface area contributed by atoms with Crippen molar-refractivity contribution in [3.05, 3.63) is 84.2 Å². The van der Waals surface area contributed by atoms with E-state index in [1.807, 2.05) is 42.5 Å². The average molecular weight is 442 g/mol. The molecule has 4 aromatic rings. The van der Waals surface area contributed by atoms with Gasteiger partial charge in [-0.25, -0.2) is 4.98 Å². The molecule has 2 heterocycles. The van der Waals surface area contributed by atoms with Crippen LogP contribution in [0.4, 0.5) is 5.69 Å². The molecule has 1 aliphatic heterocycles. The van der Waals surface area contributed by atoms with Crippen LogP contribution in [0.1, 0.15) is 36.7 Å². The molecule has 0 unspecified atom stereocenters. The highest BCUT2D eigenvalue weighted by Gasteiger charge is 2.37. The number of fused-ring (bicyclic) bond motifs is 1. The average Bonchev–Trinajstić information content (AvgIpc) is 3.44. The Hall–Kier alpha value is -3.80. The Morgan fingerprint density at radius 1 is 0.970 bits per heavy atom. The molecule has 1 aromatic heterocycles. The van der Waals surface area contributed by atoms with Crippen LogP contribution in [0.25, 0.3) is 11.0 Å². The van der Waals surface area contributed by atoms with Crippen molar-refractivity contribution in [1.82, 2.24) is 9.55 Å². The number of ether oxygens (including phenoxy) is 2. The maximum Gasteiger partial charge on any atom is 0.227 e. The Morgan fingerprint density at radius 2 is 1.73 bits per heavy atom. The van der Waals surface area contributed by atoms with Crippen LogP contribution in [0.5, 0.6) is 11.5 Å². The topological polar surface area (TPSA) is 56.6 Å². The van der Waals surface area contributed by atoms with E-state index >= 15 is 0 Å². The van der Waals surface area contributed by atoms with Gasteiger partial charge in [0.1, 0.15) is 17.3 Å². The van der Waals surface area contributed by atoms with E-state index in [4.69, 9.17) is 14.5 Å². The molecule has 168 valence electrons. The Kier molecular flexibility index (Phi) is 5.50. The predicted octanol–water partition coefficient (Wildman–Crippen LogP) is 5.18. The number of carbonyl (C=O) groups excluding carboxylic acids is 1. The number of hydrogen-bond donors (Lipinski definition) is 0. The quantitative estimate of drug-likeness (QED) is 0.414. The highest BCUT2D eigenvalue weighted by Crippen LogP contribution is 2.40. The molecule has 6 nitrogen and oxygen atoms in total. The van der Waals surface area contributed by atoms with E-state index in [2.05, 4.69) is 41.8 Å². The lowest BCUT2D eigenvalue weighted by Crippen LogP contribution is -2.25. The second kappa shape index (κ2) is 8.62. The molecule has 3 aromatic carbocycles. The van der Waals surface area contributed by atoms with Gasteiger partial charge in [0, 0.05) is 24.9 Å². The molecule has 1 fully saturated rings. The van der Waals surface area contributed by atoms with Crippen LogP contribution in [0.15, 0.2) is 72.8 Å². The smallest absolute Gasteiger partial charge is 0.227 e. The van der Waals surface area contributed by atoms with Crippen molar-refractivity contribution in [3.8, 4) is 11.5 Å². The number of nitrogens with zero attached hydrogens (tertiary/aromatic N) is 3. The zero-order valence-electron chi connectivity index (χ0n) is 19.1. The molecule has 1 aliphatic rings. The first-order valence-electron chi connectivity index (χ1n) is 11.1. The van der Waals surface area contributed by atoms with Crippen molar-refractivity contribution in [2.75, 3.05) is 25.7 Å². The van der Waals surface area contributed by atoms with Gasteiger partial charge in [-0.2, -0.15) is 0 Å². The van der Waals surface area contributed by atoms with Gasteiger partial charge in [0.25, 0.3) is 0 Å². The molecule has 5 rings (SSSR count). The second-order valence-corrected chi connectivity index (χ2v) is 8.36. The molecule has 0 bridgehead atoms. The third-order valence-electron chi connectivity index (χ3n) is 6.46. The predicted molar refractivity (Wildman–Crippen MR) is 129 cm³/mol. The van der Waals surface area contributed by atoms with Crippen LogP contribution in [0.3, 0.4) is 0 Å². The van der Waals surface area contributed by atoms with Gasteiger partial charge in [-0.15, -0.1) is 0 Å². The normalized spacial score (nSPS) is 16.9. The number of imidazole rings is 1. The number of methoxy groups -OCH3 is 2. The Labute approximate surface area is 193 Å². The molecular formula is C27H27N3O3. The van der Waals surface area contributed by atoms with E-state index < -0.39 is 0 Å². The summed E-state index contributed by atoms with van der Waals surface area (Å²) < 4.78 is 13.2. The number of hydrogen-bond acceptors (Lipinski definition) is 4. The van der Waals surface area contributed by atoms with Gasteiger partial charge in [0.05, 0.1) is 37.0 Å². The van der Waals surface area contributed by atoms with Crippen molar-refractivity contribution < 1.29 is 14.3 Å². The standard InChI is InChI=1S/C27H27N3O3/c1-18(19-9-5-4-6-10-19)30-23-12-8-7-11-22(23)28-27(30)20-15-26(31)29(17-20)24-16-21(32-2)13-14-25(24)33-3/h4-14,16,18,20H,15,17H2,1-3H3/t18-,20+/m1/s1. The number of aromatic nitrogens is 2. The molecular weight excluding hydrogens is 414 g/mol. The Balaban J connectivity index is 1.57. The summed E-state index contributed by atoms with van der Waals surface area (Å²) in [5.74, 6) is 2.29. The fraction of sp³-hybridized carbons (Fsp3) is 0.259. The fourth-order valence-electron chi connectivity index (χ4n) is 4.76. The number of benzene rings is 3. The second-order valence-electron chi connectivity index (χ2n) is 8.36. The molecule has 0 N–H and O–H groups in total. The number of anilines is 1. The third-order valence-corrected chi connectivity index (χ3v) is 6.46. The van der Waals surface area contributed by atoms with Gasteiger partial charge in [-0.3, -0.25) is 4.79 Å². The maximum atomic E-state index is 13.2. The first-order valence-corrected chi connectivity index (χ1v) is 11.1. The van der Waals surface area contributed by atoms with Gasteiger partial charge in [0.15, 0.2) is 0 Å². The van der Waals surface area contributed by atoms with E-state index in [1.54, 1.807) is 19.1 Å². The highest BCUT2D eigenvalue weighted by molar-refractivity contribution is 5.98. The van der Waals surface area contributed by atoms with Crippen LogP contribution < -0.4 is 14.4 Å². The molecule has 0 saturated carbocycles. The minimum Gasteiger partial charge on any atom is -0.497 e. The molecule has 1 amide bonds. The van der Waals surface area contributed by atoms with E-state index in [0.29, 0.717) is 24.5 Å². The van der Waals surface area contributed by atoms with Crippen molar-refractivity contribution >= 4 is 22.6 Å². The van der Waals surface area contributed by atoms with Crippen molar-refractivity contribution in [2.45, 2.75) is 25.3 Å². The van der Waals surface area contributed by atoms with Gasteiger partial charge in [0.2, 0.25) is 5.91 Å². The Bertz CT molecular complexity index is 1300. The van der Waals surface area contributed by atoms with E-state index in [0.717, 1.165) is 22.5 Å². The van der Waals surface area contributed by atoms with E-state index in [-0.39, 0.29) is 17.9 Å². The highest BCUT2D eigenvalue weighted by atomic mass is 16.5. The zero-order chi connectivity index (χ0) is 22.9. The van der Waals surface area contributed by atoms with E-state index in [1.165, 1.54) is 5.56 Å². The van der Waals surface area contributed by atoms with Crippen molar-refractivity contribution in [1.29, 1.82) is 0 Å². The van der Waals surface area contributed by atoms with E-state index in [9.17, 15) is 4.79 Å². The van der Waals surface area contributed by atoms with Crippen LogP contribution >= 0.6 is 0 Å². The summed E-state index contributed by atoms with van der Waals surface area (Å²) in [5.41, 5.74) is 3.95. The first kappa shape index (κ1) is 21.1. The number of carbonyl (C=O) groups is 1. The van der Waals surface area contributed by atoms with Crippen LogP contribution in [-0.2, 0) is 4.79 Å². The minimum absolute atomic E-state index is 0.0352. The Morgan fingerprint density at radius 3 is 2.48 bits per heavy atom. The molecule has 0 spiro atoms. The lowest BCUT2D eigenvalue weighted by atomic mass is 10.0. The summed E-state index contributed by atoms with van der Waals surface area (Å²) in [6.07, 6.45) is 0.394. The van der Waals surface area contributed by atoms with Gasteiger partial charge < -0.3 is 18.9 Å². The number of amides is 1. The summed E-state index contributed by atoms with van der Waals surface area (Å²) in [5, 5.41) is 0. The van der Waals surface area contributed by atoms with Gasteiger partial charge in [-0.05, 0) is 36.8 Å². The molecule has 6 heteroatoms. The minimum atomic E-state index is -0.0352. The largest absolute Gasteiger partial charge is 0.497 e. The summed E-state index contributed by atoms with van der Waals surface area (Å²) in [6, 6.07) is 24.2. The summed E-state index contributed by atoms with van der Waals surface area (Å²) in [7, 11) is 3.23. The summed E-state index contributed by atoms with van der Waals surface area (Å²) in [6.45, 7) is 2.72.